The van der Waals surface area contributed by atoms with E-state index in [0.29, 0.717) is 31.7 Å². The molecule has 2 aromatic rings. The highest BCUT2D eigenvalue weighted by Gasteiger charge is 2.53. The van der Waals surface area contributed by atoms with E-state index in [1.165, 1.54) is 11.1 Å². The highest BCUT2D eigenvalue weighted by molar-refractivity contribution is 6.00. The summed E-state index contributed by atoms with van der Waals surface area (Å²) in [5.74, 6) is 2.15. The Morgan fingerprint density at radius 3 is 2.10 bits per heavy atom. The zero-order chi connectivity index (χ0) is 28.0. The van der Waals surface area contributed by atoms with Gasteiger partial charge < -0.3 is 19.9 Å². The van der Waals surface area contributed by atoms with Crippen molar-refractivity contribution in [1.29, 1.82) is 0 Å². The quantitative estimate of drug-likeness (QED) is 0.437. The van der Waals surface area contributed by atoms with E-state index >= 15 is 0 Å². The standard InChI is InChI=1S/C32H46N4O3/c1-6-7-18-36-30(37)29(21-24(2)3)33-31(38)32(36)16-19-35(20-17-32)23-26-10-14-28(15-11-26)39-27-12-8-25(9-13-27)22-34(4)5/h8-15,24,29H,6-7,16-23H2,1-5H3,(H,33,38)/t29-/m0/s1. The lowest BCUT2D eigenvalue weighted by atomic mass is 9.80. The fourth-order valence-electron chi connectivity index (χ4n) is 5.81. The van der Waals surface area contributed by atoms with Gasteiger partial charge in [0.25, 0.3) is 0 Å². The number of nitrogens with zero attached hydrogens (tertiary/aromatic N) is 3. The van der Waals surface area contributed by atoms with Gasteiger partial charge in [0.15, 0.2) is 0 Å². The van der Waals surface area contributed by atoms with Crippen LogP contribution in [0.1, 0.15) is 64.0 Å². The van der Waals surface area contributed by atoms with Gasteiger partial charge in [-0.15, -0.1) is 0 Å². The van der Waals surface area contributed by atoms with Crippen molar-refractivity contribution in [3.8, 4) is 11.5 Å². The molecule has 39 heavy (non-hydrogen) atoms. The molecule has 2 aromatic carbocycles. The van der Waals surface area contributed by atoms with E-state index in [1.54, 1.807) is 0 Å². The molecule has 0 radical (unpaired) electrons. The molecule has 7 heteroatoms. The first-order chi connectivity index (χ1) is 18.7. The summed E-state index contributed by atoms with van der Waals surface area (Å²) < 4.78 is 6.05. The molecule has 0 saturated carbocycles. The number of benzene rings is 2. The fraction of sp³-hybridized carbons (Fsp3) is 0.562. The lowest BCUT2D eigenvalue weighted by Gasteiger charge is -2.52. The number of piperazine rings is 1. The molecule has 0 aliphatic carbocycles. The monoisotopic (exact) mass is 534 g/mol. The van der Waals surface area contributed by atoms with E-state index in [4.69, 9.17) is 4.74 Å². The van der Waals surface area contributed by atoms with Gasteiger partial charge in [-0.25, -0.2) is 0 Å². The molecule has 2 amide bonds. The van der Waals surface area contributed by atoms with Gasteiger partial charge >= 0.3 is 0 Å². The third-order valence-corrected chi connectivity index (χ3v) is 7.92. The molecule has 0 aromatic heterocycles. The second kappa shape index (κ2) is 13.0. The van der Waals surface area contributed by atoms with Crippen molar-refractivity contribution >= 4 is 11.8 Å². The van der Waals surface area contributed by atoms with Crippen LogP contribution in [-0.4, -0.2) is 71.8 Å². The van der Waals surface area contributed by atoms with Crippen LogP contribution in [0.25, 0.3) is 0 Å². The maximum Gasteiger partial charge on any atom is 0.246 e. The largest absolute Gasteiger partial charge is 0.457 e. The Balaban J connectivity index is 1.34. The summed E-state index contributed by atoms with van der Waals surface area (Å²) >= 11 is 0. The molecule has 1 atom stereocenters. The van der Waals surface area contributed by atoms with Crippen LogP contribution in [0.5, 0.6) is 11.5 Å². The normalized spacial score (nSPS) is 19.7. The Labute approximate surface area is 234 Å². The predicted molar refractivity (Wildman–Crippen MR) is 156 cm³/mol. The maximum absolute atomic E-state index is 13.5. The number of unbranched alkanes of at least 4 members (excludes halogenated alkanes) is 1. The Morgan fingerprint density at radius 2 is 1.56 bits per heavy atom. The van der Waals surface area contributed by atoms with Crippen LogP contribution in [0.15, 0.2) is 48.5 Å². The van der Waals surface area contributed by atoms with Crippen molar-refractivity contribution < 1.29 is 14.3 Å². The number of hydrogen-bond donors (Lipinski definition) is 1. The number of rotatable bonds is 11. The van der Waals surface area contributed by atoms with Crippen LogP contribution in [0, 0.1) is 5.92 Å². The van der Waals surface area contributed by atoms with Gasteiger partial charge in [0.2, 0.25) is 11.8 Å². The van der Waals surface area contributed by atoms with Crippen LogP contribution >= 0.6 is 0 Å². The van der Waals surface area contributed by atoms with Crippen LogP contribution in [-0.2, 0) is 22.7 Å². The predicted octanol–water partition coefficient (Wildman–Crippen LogP) is 5.05. The van der Waals surface area contributed by atoms with Crippen LogP contribution in [0.2, 0.25) is 0 Å². The smallest absolute Gasteiger partial charge is 0.246 e. The van der Waals surface area contributed by atoms with Crippen molar-refractivity contribution in [1.82, 2.24) is 20.0 Å². The molecule has 2 fully saturated rings. The lowest BCUT2D eigenvalue weighted by molar-refractivity contribution is -0.161. The van der Waals surface area contributed by atoms with Crippen molar-refractivity contribution in [3.63, 3.8) is 0 Å². The molecule has 1 spiro atoms. The van der Waals surface area contributed by atoms with Crippen LogP contribution in [0.4, 0.5) is 0 Å². The summed E-state index contributed by atoms with van der Waals surface area (Å²) in [4.78, 5) is 33.4. The number of hydrogen-bond acceptors (Lipinski definition) is 5. The minimum absolute atomic E-state index is 0.0414. The number of nitrogens with one attached hydrogen (secondary N) is 1. The first-order valence-electron chi connectivity index (χ1n) is 14.6. The minimum atomic E-state index is -0.712. The Kier molecular flexibility index (Phi) is 9.67. The maximum atomic E-state index is 13.5. The SMILES string of the molecule is CCCCN1C(=O)[C@H](CC(C)C)NC(=O)C12CCN(Cc1ccc(Oc3ccc(CN(C)C)cc3)cc1)CC2. The van der Waals surface area contributed by atoms with E-state index in [-0.39, 0.29) is 11.8 Å². The highest BCUT2D eigenvalue weighted by Crippen LogP contribution is 2.35. The molecular weight excluding hydrogens is 488 g/mol. The molecule has 7 nitrogen and oxygen atoms in total. The van der Waals surface area contributed by atoms with Crippen LogP contribution in [0.3, 0.4) is 0 Å². The summed E-state index contributed by atoms with van der Waals surface area (Å²) in [5, 5.41) is 3.10. The lowest BCUT2D eigenvalue weighted by Crippen LogP contribution is -2.73. The number of carbonyl (C=O) groups is 2. The van der Waals surface area contributed by atoms with Gasteiger partial charge in [0, 0.05) is 32.7 Å². The van der Waals surface area contributed by atoms with Gasteiger partial charge in [-0.3, -0.25) is 14.5 Å². The zero-order valence-electron chi connectivity index (χ0n) is 24.4. The van der Waals surface area contributed by atoms with Gasteiger partial charge in [0.1, 0.15) is 23.1 Å². The van der Waals surface area contributed by atoms with Gasteiger partial charge in [-0.1, -0.05) is 51.5 Å². The molecule has 2 aliphatic heterocycles. The van der Waals surface area contributed by atoms with Gasteiger partial charge in [-0.2, -0.15) is 0 Å². The summed E-state index contributed by atoms with van der Waals surface area (Å²) in [6, 6.07) is 16.1. The third kappa shape index (κ3) is 7.20. The number of ether oxygens (including phenoxy) is 1. The molecule has 0 bridgehead atoms. The van der Waals surface area contributed by atoms with E-state index in [9.17, 15) is 9.59 Å². The average Bonchev–Trinajstić information content (AvgIpc) is 2.90. The average molecular weight is 535 g/mol. The number of likely N-dealkylation sites (tertiary alicyclic amines) is 1. The first kappa shape index (κ1) is 29.1. The van der Waals surface area contributed by atoms with E-state index in [0.717, 1.165) is 50.5 Å². The molecule has 0 unspecified atom stereocenters. The van der Waals surface area contributed by atoms with Crippen LogP contribution < -0.4 is 10.1 Å². The summed E-state index contributed by atoms with van der Waals surface area (Å²) in [7, 11) is 4.12. The third-order valence-electron chi connectivity index (χ3n) is 7.92. The second-order valence-corrected chi connectivity index (χ2v) is 11.9. The molecule has 2 aliphatic rings. The molecule has 4 rings (SSSR count). The van der Waals surface area contributed by atoms with E-state index < -0.39 is 11.6 Å². The fourth-order valence-corrected chi connectivity index (χ4v) is 5.81. The molecule has 1 N–H and O–H groups in total. The molecule has 2 heterocycles. The Bertz CT molecular complexity index is 1090. The van der Waals surface area contributed by atoms with Gasteiger partial charge in [0.05, 0.1) is 0 Å². The minimum Gasteiger partial charge on any atom is -0.457 e. The van der Waals surface area contributed by atoms with Crippen molar-refractivity contribution in [2.24, 2.45) is 5.92 Å². The van der Waals surface area contributed by atoms with E-state index in [1.807, 2.05) is 29.2 Å². The number of carbonyl (C=O) groups excluding carboxylic acids is 2. The van der Waals surface area contributed by atoms with Gasteiger partial charge in [-0.05, 0) is 81.1 Å². The molecule has 212 valence electrons. The number of amides is 2. The summed E-state index contributed by atoms with van der Waals surface area (Å²) in [6.45, 7) is 10.3. The second-order valence-electron chi connectivity index (χ2n) is 11.9. The summed E-state index contributed by atoms with van der Waals surface area (Å²) in [6.07, 6.45) is 3.97. The highest BCUT2D eigenvalue weighted by atomic mass is 16.5. The van der Waals surface area contributed by atoms with E-state index in [2.05, 4.69) is 74.2 Å². The first-order valence-corrected chi connectivity index (χ1v) is 14.6. The topological polar surface area (TPSA) is 65.1 Å². The molecular formula is C32H46N4O3. The van der Waals surface area contributed by atoms with Crippen molar-refractivity contribution in [2.75, 3.05) is 33.7 Å². The number of piperidine rings is 1. The van der Waals surface area contributed by atoms with Crippen molar-refractivity contribution in [2.45, 2.75) is 77.5 Å². The Morgan fingerprint density at radius 1 is 0.974 bits per heavy atom. The summed E-state index contributed by atoms with van der Waals surface area (Å²) in [5.41, 5.74) is 1.75. The Hall–Kier alpha value is -2.90. The van der Waals surface area contributed by atoms with Crippen molar-refractivity contribution in [3.05, 3.63) is 59.7 Å². The zero-order valence-corrected chi connectivity index (χ0v) is 24.4. The molecule has 2 saturated heterocycles.